The fraction of sp³-hybridized carbons (Fsp3) is 0.750. The molecule has 0 aliphatic heterocycles. The Balaban J connectivity index is 3.12. The second-order valence-corrected chi connectivity index (χ2v) is 1.91. The van der Waals surface area contributed by atoms with Crippen LogP contribution in [-0.4, -0.2) is 11.7 Å². The lowest BCUT2D eigenvalue weighted by Crippen LogP contribution is -1.74. The SMILES string of the molecule is [2H][C@H](O)C#CCCCCC. The van der Waals surface area contributed by atoms with Gasteiger partial charge in [0.2, 0.25) is 0 Å². The molecule has 0 amide bonds. The maximum atomic E-state index is 8.40. The fourth-order valence-corrected chi connectivity index (χ4v) is 0.581. The zero-order chi connectivity index (χ0) is 7.82. The summed E-state index contributed by atoms with van der Waals surface area (Å²) in [5, 5.41) is 8.40. The second-order valence-electron chi connectivity index (χ2n) is 1.91. The van der Waals surface area contributed by atoms with E-state index in [0.717, 1.165) is 12.8 Å². The molecule has 0 aliphatic carbocycles. The highest BCUT2D eigenvalue weighted by Gasteiger charge is 1.79. The van der Waals surface area contributed by atoms with Gasteiger partial charge in [-0.3, -0.25) is 0 Å². The average molecular weight is 127 g/mol. The predicted octanol–water partition coefficient (Wildman–Crippen LogP) is 1.56. The van der Waals surface area contributed by atoms with Gasteiger partial charge in [0.05, 0.1) is 1.37 Å². The Morgan fingerprint density at radius 1 is 1.44 bits per heavy atom. The molecule has 0 aliphatic rings. The summed E-state index contributed by atoms with van der Waals surface area (Å²) in [5.74, 6) is 5.11. The van der Waals surface area contributed by atoms with Gasteiger partial charge in [0.25, 0.3) is 0 Å². The predicted molar refractivity (Wildman–Crippen MR) is 39.0 cm³/mol. The van der Waals surface area contributed by atoms with E-state index in [1.54, 1.807) is 0 Å². The summed E-state index contributed by atoms with van der Waals surface area (Å²) in [7, 11) is 0. The molecule has 1 nitrogen and oxygen atoms in total. The van der Waals surface area contributed by atoms with Crippen LogP contribution < -0.4 is 0 Å². The van der Waals surface area contributed by atoms with Gasteiger partial charge in [-0.2, -0.15) is 0 Å². The number of rotatable bonds is 3. The van der Waals surface area contributed by atoms with Crippen molar-refractivity contribution in [1.82, 2.24) is 0 Å². The van der Waals surface area contributed by atoms with Crippen LogP contribution in [0.4, 0.5) is 0 Å². The topological polar surface area (TPSA) is 20.2 Å². The smallest absolute Gasteiger partial charge is 0.104 e. The average Bonchev–Trinajstić information content (AvgIpc) is 1.87. The Hall–Kier alpha value is -0.480. The summed E-state index contributed by atoms with van der Waals surface area (Å²) in [5.41, 5.74) is 0. The number of hydrogen-bond acceptors (Lipinski definition) is 1. The molecule has 0 saturated carbocycles. The molecule has 0 unspecified atom stereocenters. The van der Waals surface area contributed by atoms with Crippen molar-refractivity contribution in [3.05, 3.63) is 0 Å². The van der Waals surface area contributed by atoms with E-state index in [0.29, 0.717) is 0 Å². The molecule has 0 saturated heterocycles. The highest BCUT2D eigenvalue weighted by molar-refractivity contribution is 4.98. The maximum Gasteiger partial charge on any atom is 0.104 e. The Bertz CT molecular complexity index is 121. The van der Waals surface area contributed by atoms with Gasteiger partial charge in [-0.25, -0.2) is 0 Å². The maximum absolute atomic E-state index is 8.40. The number of unbranched alkanes of at least 4 members (excludes halogenated alkanes) is 3. The quantitative estimate of drug-likeness (QED) is 0.450. The molecule has 9 heavy (non-hydrogen) atoms. The second kappa shape index (κ2) is 7.52. The zero-order valence-electron chi connectivity index (χ0n) is 6.85. The third-order valence-corrected chi connectivity index (χ3v) is 1.07. The summed E-state index contributed by atoms with van der Waals surface area (Å²) in [6.45, 7) is 0.925. The molecule has 0 bridgehead atoms. The molecule has 0 radical (unpaired) electrons. The van der Waals surface area contributed by atoms with Crippen molar-refractivity contribution in [2.45, 2.75) is 32.6 Å². The molecule has 0 spiro atoms. The number of hydrogen-bond donors (Lipinski definition) is 1. The zero-order valence-corrected chi connectivity index (χ0v) is 5.85. The largest absolute Gasteiger partial charge is 0.384 e. The molecule has 0 heterocycles. The van der Waals surface area contributed by atoms with E-state index < -0.39 is 6.58 Å². The summed E-state index contributed by atoms with van der Waals surface area (Å²) in [4.78, 5) is 0. The molecule has 0 fully saturated rings. The molecule has 52 valence electrons. The third kappa shape index (κ3) is 7.52. The van der Waals surface area contributed by atoms with Gasteiger partial charge in [0.1, 0.15) is 6.58 Å². The van der Waals surface area contributed by atoms with Crippen LogP contribution in [0.15, 0.2) is 0 Å². The van der Waals surface area contributed by atoms with Crippen molar-refractivity contribution in [3.8, 4) is 11.8 Å². The van der Waals surface area contributed by atoms with Crippen LogP contribution in [0, 0.1) is 11.8 Å². The minimum absolute atomic E-state index is 0.809. The lowest BCUT2D eigenvalue weighted by atomic mass is 10.2. The molecule has 0 rings (SSSR count). The van der Waals surface area contributed by atoms with E-state index in [9.17, 15) is 0 Å². The first-order valence-electron chi connectivity index (χ1n) is 3.93. The van der Waals surface area contributed by atoms with Gasteiger partial charge in [-0.1, -0.05) is 25.7 Å². The van der Waals surface area contributed by atoms with Gasteiger partial charge in [-0.15, -0.1) is 5.92 Å². The van der Waals surface area contributed by atoms with Crippen molar-refractivity contribution in [2.24, 2.45) is 0 Å². The normalized spacial score (nSPS) is 13.3. The number of aliphatic hydroxyl groups excluding tert-OH is 1. The monoisotopic (exact) mass is 127 g/mol. The lowest BCUT2D eigenvalue weighted by Gasteiger charge is -1.87. The lowest BCUT2D eigenvalue weighted by molar-refractivity contribution is 0.350. The summed E-state index contributed by atoms with van der Waals surface area (Å²) in [6, 6.07) is 0. The molecule has 0 aromatic heterocycles. The van der Waals surface area contributed by atoms with E-state index in [1.807, 2.05) is 0 Å². The van der Waals surface area contributed by atoms with E-state index in [2.05, 4.69) is 18.8 Å². The van der Waals surface area contributed by atoms with Gasteiger partial charge in [0.15, 0.2) is 0 Å². The van der Waals surface area contributed by atoms with E-state index in [-0.39, 0.29) is 0 Å². The highest BCUT2D eigenvalue weighted by atomic mass is 16.2. The van der Waals surface area contributed by atoms with Crippen LogP contribution in [-0.2, 0) is 0 Å². The molecular formula is C8H14O. The van der Waals surface area contributed by atoms with Gasteiger partial charge < -0.3 is 5.11 Å². The Kier molecular flexibility index (Phi) is 5.55. The Morgan fingerprint density at radius 2 is 2.22 bits per heavy atom. The highest BCUT2D eigenvalue weighted by Crippen LogP contribution is 1.96. The molecule has 0 aromatic carbocycles. The molecular weight excluding hydrogens is 112 g/mol. The minimum Gasteiger partial charge on any atom is -0.384 e. The standard InChI is InChI=1S/C8H14O/c1-2-3-4-5-6-7-8-9/h9H,2-5,8H2,1H3/i8D/t8-/m0/s1. The molecule has 0 aromatic rings. The molecule has 1 heteroatoms. The third-order valence-electron chi connectivity index (χ3n) is 1.07. The van der Waals surface area contributed by atoms with Gasteiger partial charge in [-0.05, 0) is 6.42 Å². The van der Waals surface area contributed by atoms with Crippen LogP contribution in [0.3, 0.4) is 0 Å². The first-order chi connectivity index (χ1) is 4.77. The van der Waals surface area contributed by atoms with Crippen LogP contribution in [0.5, 0.6) is 0 Å². The first kappa shape index (κ1) is 6.64. The summed E-state index contributed by atoms with van der Waals surface area (Å²) in [6.07, 6.45) is 4.26. The molecule has 1 atom stereocenters. The van der Waals surface area contributed by atoms with E-state index in [4.69, 9.17) is 6.48 Å². The number of aliphatic hydroxyl groups is 1. The van der Waals surface area contributed by atoms with Crippen molar-refractivity contribution in [2.75, 3.05) is 6.58 Å². The van der Waals surface area contributed by atoms with Crippen molar-refractivity contribution < 1.29 is 6.48 Å². The molecule has 1 N–H and O–H groups in total. The van der Waals surface area contributed by atoms with E-state index in [1.165, 1.54) is 12.8 Å². The van der Waals surface area contributed by atoms with Crippen LogP contribution >= 0.6 is 0 Å². The Labute approximate surface area is 58.5 Å². The van der Waals surface area contributed by atoms with Crippen molar-refractivity contribution >= 4 is 0 Å². The van der Waals surface area contributed by atoms with Crippen LogP contribution in [0.2, 0.25) is 0 Å². The fourth-order valence-electron chi connectivity index (χ4n) is 0.581. The van der Waals surface area contributed by atoms with Crippen molar-refractivity contribution in [1.29, 1.82) is 0 Å². The summed E-state index contributed by atoms with van der Waals surface area (Å²) >= 11 is 0. The minimum atomic E-state index is -1.21. The van der Waals surface area contributed by atoms with E-state index >= 15 is 0 Å². The van der Waals surface area contributed by atoms with Crippen molar-refractivity contribution in [3.63, 3.8) is 0 Å². The van der Waals surface area contributed by atoms with Gasteiger partial charge in [0, 0.05) is 6.42 Å². The first-order valence-corrected chi connectivity index (χ1v) is 3.36. The van der Waals surface area contributed by atoms with Gasteiger partial charge >= 0.3 is 0 Å². The van der Waals surface area contributed by atoms with Crippen LogP contribution in [0.25, 0.3) is 0 Å². The van der Waals surface area contributed by atoms with Crippen LogP contribution in [0.1, 0.15) is 34.0 Å². The Morgan fingerprint density at radius 3 is 2.78 bits per heavy atom. The summed E-state index contributed by atoms with van der Waals surface area (Å²) < 4.78 is 6.64.